The third-order valence-corrected chi connectivity index (χ3v) is 14.3. The molecular formula is C65H49N. The van der Waals surface area contributed by atoms with Gasteiger partial charge in [0.2, 0.25) is 0 Å². The topological polar surface area (TPSA) is 3.24 Å². The molecule has 1 nitrogen and oxygen atoms in total. The number of allylic oxidation sites excluding steroid dienone is 8. The molecule has 0 saturated heterocycles. The van der Waals surface area contributed by atoms with Gasteiger partial charge in [0.05, 0.1) is 0 Å². The zero-order valence-corrected chi connectivity index (χ0v) is 36.8. The zero-order valence-electron chi connectivity index (χ0n) is 36.8. The molecule has 0 bridgehead atoms. The van der Waals surface area contributed by atoms with E-state index in [2.05, 4.69) is 266 Å². The van der Waals surface area contributed by atoms with Crippen LogP contribution in [0.4, 0.5) is 17.1 Å². The number of fused-ring (bicyclic) bond motifs is 4. The molecule has 0 radical (unpaired) electrons. The van der Waals surface area contributed by atoms with E-state index in [0.717, 1.165) is 29.9 Å². The van der Waals surface area contributed by atoms with Crippen molar-refractivity contribution in [1.82, 2.24) is 0 Å². The van der Waals surface area contributed by atoms with Crippen LogP contribution in [-0.2, 0) is 5.41 Å². The minimum Gasteiger partial charge on any atom is -0.310 e. The SMILES string of the molecule is C1=CCCC(C2(c3ccccc3)c3cc(N(c4ccc(-c5ccc6ccccc6c5-c5ccccc5)cc4)c4cc(-c5ccccc5)cc(-c5ccccc5)c4)ccc3C3C=CC=CC32)=C1. The van der Waals surface area contributed by atoms with Gasteiger partial charge in [-0.2, -0.15) is 0 Å². The zero-order chi connectivity index (χ0) is 43.9. The standard InChI is InChI=1S/C65H49N/c1-6-20-46(21-7-1)51-42-52(47-22-8-2-9-23-47)44-57(43-51)66(55-37-34-49(35-38-55)59-40-36-48-24-16-17-31-58(48)64(59)50-25-10-3-11-26-50)56-39-41-61-60-32-18-19-33-62(60)65(63(61)45-56,53-27-12-4-13-28-53)54-29-14-5-15-30-54/h1-14,16-29,31-45,60,62H,15,30H2. The number of benzene rings is 9. The van der Waals surface area contributed by atoms with Crippen LogP contribution in [0.1, 0.15) is 35.4 Å². The monoisotopic (exact) mass is 843 g/mol. The van der Waals surface area contributed by atoms with Gasteiger partial charge in [-0.05, 0) is 127 Å². The molecule has 0 amide bonds. The molecular weight excluding hydrogens is 795 g/mol. The van der Waals surface area contributed by atoms with E-state index in [4.69, 9.17) is 0 Å². The third kappa shape index (κ3) is 6.79. The molecule has 12 rings (SSSR count). The van der Waals surface area contributed by atoms with Crippen LogP contribution in [0.25, 0.3) is 55.3 Å². The van der Waals surface area contributed by atoms with Gasteiger partial charge in [0.25, 0.3) is 0 Å². The van der Waals surface area contributed by atoms with Crippen molar-refractivity contribution in [2.75, 3.05) is 4.90 Å². The number of hydrogen-bond acceptors (Lipinski definition) is 1. The first-order valence-electron chi connectivity index (χ1n) is 23.4. The maximum Gasteiger partial charge on any atom is 0.0489 e. The van der Waals surface area contributed by atoms with Gasteiger partial charge >= 0.3 is 0 Å². The summed E-state index contributed by atoms with van der Waals surface area (Å²) in [5, 5.41) is 2.50. The van der Waals surface area contributed by atoms with Gasteiger partial charge in [-0.25, -0.2) is 0 Å². The number of anilines is 3. The predicted molar refractivity (Wildman–Crippen MR) is 279 cm³/mol. The van der Waals surface area contributed by atoms with Crippen molar-refractivity contribution in [1.29, 1.82) is 0 Å². The van der Waals surface area contributed by atoms with Gasteiger partial charge in [-0.3, -0.25) is 0 Å². The van der Waals surface area contributed by atoms with E-state index in [0.29, 0.717) is 0 Å². The number of hydrogen-bond donors (Lipinski definition) is 0. The minimum atomic E-state index is -0.330. The fraction of sp³-hybridized carbons (Fsp3) is 0.0769. The molecule has 3 aliphatic carbocycles. The summed E-state index contributed by atoms with van der Waals surface area (Å²) in [4.78, 5) is 2.50. The summed E-state index contributed by atoms with van der Waals surface area (Å²) in [5.41, 5.74) is 18.3. The van der Waals surface area contributed by atoms with E-state index in [9.17, 15) is 0 Å². The Hall–Kier alpha value is -8.00. The van der Waals surface area contributed by atoms with Gasteiger partial charge in [-0.1, -0.05) is 224 Å². The fourth-order valence-corrected chi connectivity index (χ4v) is 11.4. The first kappa shape index (κ1) is 39.6. The van der Waals surface area contributed by atoms with Gasteiger partial charge in [0, 0.05) is 34.3 Å². The Morgan fingerprint density at radius 3 is 1.74 bits per heavy atom. The molecule has 3 aliphatic rings. The van der Waals surface area contributed by atoms with Crippen molar-refractivity contribution in [2.45, 2.75) is 24.2 Å². The maximum atomic E-state index is 2.55. The van der Waals surface area contributed by atoms with E-state index in [1.54, 1.807) is 0 Å². The molecule has 9 aromatic rings. The van der Waals surface area contributed by atoms with Gasteiger partial charge in [0.1, 0.15) is 0 Å². The lowest BCUT2D eigenvalue weighted by Gasteiger charge is -2.41. The molecule has 1 heteroatoms. The molecule has 0 aliphatic heterocycles. The molecule has 9 aromatic carbocycles. The third-order valence-electron chi connectivity index (χ3n) is 14.3. The molecule has 66 heavy (non-hydrogen) atoms. The number of nitrogens with zero attached hydrogens (tertiary/aromatic N) is 1. The van der Waals surface area contributed by atoms with Crippen LogP contribution in [0.2, 0.25) is 0 Å². The van der Waals surface area contributed by atoms with Crippen LogP contribution in [0.5, 0.6) is 0 Å². The lowest BCUT2D eigenvalue weighted by molar-refractivity contribution is 0.436. The highest BCUT2D eigenvalue weighted by Crippen LogP contribution is 2.61. The van der Waals surface area contributed by atoms with Gasteiger partial charge < -0.3 is 4.90 Å². The predicted octanol–water partition coefficient (Wildman–Crippen LogP) is 17.4. The van der Waals surface area contributed by atoms with Crippen molar-refractivity contribution in [3.8, 4) is 44.5 Å². The normalized spacial score (nSPS) is 18.2. The summed E-state index contributed by atoms with van der Waals surface area (Å²) in [6.45, 7) is 0. The fourth-order valence-electron chi connectivity index (χ4n) is 11.4. The van der Waals surface area contributed by atoms with Crippen LogP contribution in [-0.4, -0.2) is 0 Å². The van der Waals surface area contributed by atoms with Crippen LogP contribution in [0.15, 0.2) is 266 Å². The van der Waals surface area contributed by atoms with E-state index in [1.807, 2.05) is 0 Å². The quantitative estimate of drug-likeness (QED) is 0.140. The van der Waals surface area contributed by atoms with E-state index < -0.39 is 0 Å². The Morgan fingerprint density at radius 1 is 0.439 bits per heavy atom. The summed E-state index contributed by atoms with van der Waals surface area (Å²) in [5.74, 6) is 0.526. The van der Waals surface area contributed by atoms with Crippen LogP contribution in [0.3, 0.4) is 0 Å². The Morgan fingerprint density at radius 2 is 1.06 bits per heavy atom. The largest absolute Gasteiger partial charge is 0.310 e. The van der Waals surface area contributed by atoms with Gasteiger partial charge in [-0.15, -0.1) is 0 Å². The van der Waals surface area contributed by atoms with Crippen molar-refractivity contribution >= 4 is 27.8 Å². The molecule has 3 atom stereocenters. The smallest absolute Gasteiger partial charge is 0.0489 e. The van der Waals surface area contributed by atoms with Crippen molar-refractivity contribution in [3.05, 3.63) is 283 Å². The average Bonchev–Trinajstić information content (AvgIpc) is 3.70. The van der Waals surface area contributed by atoms with E-state index in [-0.39, 0.29) is 17.3 Å². The van der Waals surface area contributed by atoms with E-state index in [1.165, 1.54) is 77.5 Å². The molecule has 0 saturated carbocycles. The Kier molecular flexibility index (Phi) is 10.1. The Bertz CT molecular complexity index is 3280. The summed E-state index contributed by atoms with van der Waals surface area (Å²) in [7, 11) is 0. The van der Waals surface area contributed by atoms with Crippen molar-refractivity contribution < 1.29 is 0 Å². The highest BCUT2D eigenvalue weighted by Gasteiger charge is 2.53. The van der Waals surface area contributed by atoms with Crippen LogP contribution < -0.4 is 4.90 Å². The summed E-state index contributed by atoms with van der Waals surface area (Å²) in [6, 6.07) is 80.9. The highest BCUT2D eigenvalue weighted by molar-refractivity contribution is 6.04. The molecule has 0 heterocycles. The lowest BCUT2D eigenvalue weighted by atomic mass is 9.61. The highest BCUT2D eigenvalue weighted by atomic mass is 15.1. The van der Waals surface area contributed by atoms with Crippen LogP contribution in [0, 0.1) is 5.92 Å². The summed E-state index contributed by atoms with van der Waals surface area (Å²) < 4.78 is 0. The molecule has 0 fully saturated rings. The Balaban J connectivity index is 1.09. The van der Waals surface area contributed by atoms with Crippen molar-refractivity contribution in [2.24, 2.45) is 5.92 Å². The molecule has 0 spiro atoms. The molecule has 314 valence electrons. The maximum absolute atomic E-state index is 2.55. The van der Waals surface area contributed by atoms with E-state index >= 15 is 0 Å². The van der Waals surface area contributed by atoms with Gasteiger partial charge in [0.15, 0.2) is 0 Å². The minimum absolute atomic E-state index is 0.257. The summed E-state index contributed by atoms with van der Waals surface area (Å²) in [6.07, 6.45) is 18.6. The Labute approximate surface area is 388 Å². The lowest BCUT2D eigenvalue weighted by Crippen LogP contribution is -2.36. The second-order valence-corrected chi connectivity index (χ2v) is 17.9. The summed E-state index contributed by atoms with van der Waals surface area (Å²) >= 11 is 0. The van der Waals surface area contributed by atoms with Crippen molar-refractivity contribution in [3.63, 3.8) is 0 Å². The first-order chi connectivity index (χ1) is 32.7. The second-order valence-electron chi connectivity index (χ2n) is 17.9. The molecule has 0 aromatic heterocycles. The average molecular weight is 844 g/mol. The molecule has 0 N–H and O–H groups in total. The van der Waals surface area contributed by atoms with Crippen LogP contribution >= 0.6 is 0 Å². The number of rotatable bonds is 9. The second kappa shape index (κ2) is 16.8. The first-order valence-corrected chi connectivity index (χ1v) is 23.4. The molecule has 3 unspecified atom stereocenters.